The highest BCUT2D eigenvalue weighted by atomic mass is 35.5. The van der Waals surface area contributed by atoms with Gasteiger partial charge in [-0.1, -0.05) is 30.7 Å². The molecule has 0 saturated carbocycles. The predicted molar refractivity (Wildman–Crippen MR) is 107 cm³/mol. The molecule has 2 aromatic rings. The highest BCUT2D eigenvalue weighted by Crippen LogP contribution is 2.26. The van der Waals surface area contributed by atoms with Crippen molar-refractivity contribution in [1.29, 1.82) is 0 Å². The van der Waals surface area contributed by atoms with Crippen LogP contribution in [-0.4, -0.2) is 27.2 Å². The van der Waals surface area contributed by atoms with E-state index >= 15 is 0 Å². The molecular formula is C20H24ClNO4S. The maximum Gasteiger partial charge on any atom is 0.258 e. The monoisotopic (exact) mass is 409 g/mol. The number of aryl methyl sites for hydroxylation is 2. The zero-order valence-electron chi connectivity index (χ0n) is 15.9. The summed E-state index contributed by atoms with van der Waals surface area (Å²) in [5.74, 6) is 0.342. The molecule has 1 atom stereocenters. The van der Waals surface area contributed by atoms with E-state index in [2.05, 4.69) is 5.32 Å². The molecule has 0 unspecified atom stereocenters. The Morgan fingerprint density at radius 1 is 1.15 bits per heavy atom. The van der Waals surface area contributed by atoms with Crippen molar-refractivity contribution in [2.75, 3.05) is 12.9 Å². The van der Waals surface area contributed by atoms with E-state index in [1.165, 1.54) is 6.26 Å². The Kier molecular flexibility index (Phi) is 6.89. The topological polar surface area (TPSA) is 72.5 Å². The van der Waals surface area contributed by atoms with Crippen molar-refractivity contribution in [1.82, 2.24) is 5.32 Å². The van der Waals surface area contributed by atoms with E-state index in [-0.39, 0.29) is 23.5 Å². The molecule has 0 saturated heterocycles. The fourth-order valence-corrected chi connectivity index (χ4v) is 3.48. The van der Waals surface area contributed by atoms with Crippen molar-refractivity contribution >= 4 is 27.3 Å². The molecule has 0 aromatic heterocycles. The first kappa shape index (κ1) is 21.3. The Bertz CT molecular complexity index is 900. The van der Waals surface area contributed by atoms with Gasteiger partial charge in [-0.05, 0) is 61.2 Å². The molecule has 5 nitrogen and oxygen atoms in total. The average Bonchev–Trinajstić information content (AvgIpc) is 2.61. The van der Waals surface area contributed by atoms with Crippen LogP contribution in [0.1, 0.15) is 36.1 Å². The second-order valence-electron chi connectivity index (χ2n) is 6.53. The lowest BCUT2D eigenvalue weighted by Gasteiger charge is -2.18. The second kappa shape index (κ2) is 8.76. The van der Waals surface area contributed by atoms with Crippen molar-refractivity contribution in [2.24, 2.45) is 0 Å². The van der Waals surface area contributed by atoms with Gasteiger partial charge in [0.2, 0.25) is 0 Å². The van der Waals surface area contributed by atoms with E-state index in [0.717, 1.165) is 16.7 Å². The summed E-state index contributed by atoms with van der Waals surface area (Å²) in [7, 11) is -3.24. The number of carbonyl (C=O) groups is 1. The third-order valence-electron chi connectivity index (χ3n) is 4.23. The largest absolute Gasteiger partial charge is 0.484 e. The van der Waals surface area contributed by atoms with Crippen molar-refractivity contribution in [3.63, 3.8) is 0 Å². The zero-order chi connectivity index (χ0) is 20.2. The van der Waals surface area contributed by atoms with Crippen molar-refractivity contribution in [2.45, 2.75) is 38.1 Å². The number of sulfone groups is 1. The third kappa shape index (κ3) is 5.71. The molecule has 0 aliphatic rings. The van der Waals surface area contributed by atoms with Gasteiger partial charge in [-0.2, -0.15) is 0 Å². The van der Waals surface area contributed by atoms with Crippen LogP contribution in [0.4, 0.5) is 0 Å². The molecule has 1 N–H and O–H groups in total. The summed E-state index contributed by atoms with van der Waals surface area (Å²) in [4.78, 5) is 12.5. The van der Waals surface area contributed by atoms with Gasteiger partial charge in [0, 0.05) is 11.3 Å². The van der Waals surface area contributed by atoms with Gasteiger partial charge in [-0.15, -0.1) is 0 Å². The molecular weight excluding hydrogens is 386 g/mol. The van der Waals surface area contributed by atoms with E-state index in [9.17, 15) is 13.2 Å². The predicted octanol–water partition coefficient (Wildman–Crippen LogP) is 4.01. The highest BCUT2D eigenvalue weighted by molar-refractivity contribution is 7.90. The molecule has 27 heavy (non-hydrogen) atoms. The Morgan fingerprint density at radius 3 is 2.19 bits per heavy atom. The van der Waals surface area contributed by atoms with Crippen LogP contribution in [0.15, 0.2) is 41.3 Å². The van der Waals surface area contributed by atoms with Crippen LogP contribution in [0.3, 0.4) is 0 Å². The van der Waals surface area contributed by atoms with Gasteiger partial charge in [0.15, 0.2) is 16.4 Å². The SMILES string of the molecule is CC[C@@H](NC(=O)COc1cc(C)c(Cl)c(C)c1)c1ccc(S(C)(=O)=O)cc1. The lowest BCUT2D eigenvalue weighted by atomic mass is 10.0. The summed E-state index contributed by atoms with van der Waals surface area (Å²) < 4.78 is 28.7. The molecule has 0 aliphatic heterocycles. The van der Waals surface area contributed by atoms with E-state index in [1.807, 2.05) is 20.8 Å². The van der Waals surface area contributed by atoms with Gasteiger partial charge in [0.25, 0.3) is 5.91 Å². The van der Waals surface area contributed by atoms with Gasteiger partial charge in [-0.25, -0.2) is 8.42 Å². The molecule has 0 aliphatic carbocycles. The van der Waals surface area contributed by atoms with Crippen LogP contribution in [0.2, 0.25) is 5.02 Å². The summed E-state index contributed by atoms with van der Waals surface area (Å²) in [6, 6.07) is 9.91. The summed E-state index contributed by atoms with van der Waals surface area (Å²) in [6.07, 6.45) is 1.84. The summed E-state index contributed by atoms with van der Waals surface area (Å²) in [5.41, 5.74) is 2.63. The van der Waals surface area contributed by atoms with Gasteiger partial charge in [0.05, 0.1) is 10.9 Å². The lowest BCUT2D eigenvalue weighted by Crippen LogP contribution is -2.32. The van der Waals surface area contributed by atoms with E-state index in [0.29, 0.717) is 17.2 Å². The van der Waals surface area contributed by atoms with Crippen LogP contribution in [0, 0.1) is 13.8 Å². The Morgan fingerprint density at radius 2 is 1.70 bits per heavy atom. The number of hydrogen-bond donors (Lipinski definition) is 1. The minimum atomic E-state index is -3.24. The van der Waals surface area contributed by atoms with E-state index in [4.69, 9.17) is 16.3 Å². The molecule has 0 spiro atoms. The van der Waals surface area contributed by atoms with Gasteiger partial charge < -0.3 is 10.1 Å². The van der Waals surface area contributed by atoms with Crippen LogP contribution in [-0.2, 0) is 14.6 Å². The van der Waals surface area contributed by atoms with Crippen LogP contribution >= 0.6 is 11.6 Å². The molecule has 7 heteroatoms. The Balaban J connectivity index is 2.00. The van der Waals surface area contributed by atoms with Crippen molar-refractivity contribution in [3.05, 3.63) is 58.1 Å². The lowest BCUT2D eigenvalue weighted by molar-refractivity contribution is -0.123. The van der Waals surface area contributed by atoms with Crippen LogP contribution in [0.5, 0.6) is 5.75 Å². The normalized spacial score (nSPS) is 12.5. The van der Waals surface area contributed by atoms with E-state index < -0.39 is 9.84 Å². The van der Waals surface area contributed by atoms with Gasteiger partial charge in [-0.3, -0.25) is 4.79 Å². The number of hydrogen-bond acceptors (Lipinski definition) is 4. The number of halogens is 1. The van der Waals surface area contributed by atoms with Crippen LogP contribution < -0.4 is 10.1 Å². The maximum atomic E-state index is 12.3. The maximum absolute atomic E-state index is 12.3. The van der Waals surface area contributed by atoms with Crippen molar-refractivity contribution in [3.8, 4) is 5.75 Å². The number of amides is 1. The summed E-state index contributed by atoms with van der Waals surface area (Å²) >= 11 is 6.13. The molecule has 1 amide bonds. The quantitative estimate of drug-likeness (QED) is 0.749. The van der Waals surface area contributed by atoms with Crippen molar-refractivity contribution < 1.29 is 17.9 Å². The number of ether oxygens (including phenoxy) is 1. The number of benzene rings is 2. The minimum Gasteiger partial charge on any atom is -0.484 e. The number of rotatable bonds is 7. The number of nitrogens with one attached hydrogen (secondary N) is 1. The third-order valence-corrected chi connectivity index (χ3v) is 5.96. The van der Waals surface area contributed by atoms with Crippen LogP contribution in [0.25, 0.3) is 0 Å². The first-order valence-corrected chi connectivity index (χ1v) is 10.9. The van der Waals surface area contributed by atoms with Gasteiger partial charge in [0.1, 0.15) is 5.75 Å². The number of carbonyl (C=O) groups excluding carboxylic acids is 1. The fourth-order valence-electron chi connectivity index (χ4n) is 2.74. The molecule has 2 rings (SSSR count). The molecule has 0 heterocycles. The molecule has 0 radical (unpaired) electrons. The zero-order valence-corrected chi connectivity index (χ0v) is 17.4. The Labute approximate surface area is 165 Å². The smallest absolute Gasteiger partial charge is 0.258 e. The molecule has 0 bridgehead atoms. The fraction of sp³-hybridized carbons (Fsp3) is 0.350. The molecule has 0 fully saturated rings. The molecule has 146 valence electrons. The van der Waals surface area contributed by atoms with Gasteiger partial charge >= 0.3 is 0 Å². The summed E-state index contributed by atoms with van der Waals surface area (Å²) in [5, 5.41) is 3.60. The average molecular weight is 410 g/mol. The minimum absolute atomic E-state index is 0.113. The first-order valence-electron chi connectivity index (χ1n) is 8.60. The standard InChI is InChI=1S/C20H24ClNO4S/c1-5-18(15-6-8-17(9-7-15)27(4,24)25)22-19(23)12-26-16-10-13(2)20(21)14(3)11-16/h6-11,18H,5,12H2,1-4H3,(H,22,23)/t18-/m1/s1. The molecule has 2 aromatic carbocycles. The highest BCUT2D eigenvalue weighted by Gasteiger charge is 2.15. The van der Waals surface area contributed by atoms with E-state index in [1.54, 1.807) is 36.4 Å². The second-order valence-corrected chi connectivity index (χ2v) is 8.92. The first-order chi connectivity index (χ1) is 12.6. The Hall–Kier alpha value is -2.05. The summed E-state index contributed by atoms with van der Waals surface area (Å²) in [6.45, 7) is 5.60.